The molecule has 0 aromatic heterocycles. The Kier molecular flexibility index (Phi) is 8.64. The topological polar surface area (TPSA) is 58.8 Å². The van der Waals surface area contributed by atoms with Crippen molar-refractivity contribution in [1.82, 2.24) is 9.80 Å². The van der Waals surface area contributed by atoms with E-state index < -0.39 is 0 Å². The van der Waals surface area contributed by atoms with E-state index in [9.17, 15) is 4.79 Å². The second kappa shape index (κ2) is 9.74. The molecule has 7 heteroatoms. The number of hydrogen-bond donors (Lipinski definition) is 1. The molecule has 25 heavy (non-hydrogen) atoms. The van der Waals surface area contributed by atoms with E-state index in [0.717, 1.165) is 37.9 Å². The van der Waals surface area contributed by atoms with Gasteiger partial charge in [-0.25, -0.2) is 0 Å². The van der Waals surface area contributed by atoms with Gasteiger partial charge in [-0.1, -0.05) is 12.1 Å². The summed E-state index contributed by atoms with van der Waals surface area (Å²) in [5, 5.41) is 0. The average Bonchev–Trinajstić information content (AvgIpc) is 2.58. The fourth-order valence-electron chi connectivity index (χ4n) is 3.51. The van der Waals surface area contributed by atoms with Crippen LogP contribution >= 0.6 is 24.8 Å². The van der Waals surface area contributed by atoms with Crippen LogP contribution in [0.25, 0.3) is 0 Å². The summed E-state index contributed by atoms with van der Waals surface area (Å²) in [6.07, 6.45) is 2.86. The summed E-state index contributed by atoms with van der Waals surface area (Å²) in [6, 6.07) is 7.85. The van der Waals surface area contributed by atoms with Crippen LogP contribution in [0, 0.1) is 0 Å². The van der Waals surface area contributed by atoms with E-state index in [1.807, 2.05) is 29.2 Å². The number of ether oxygens (including phenoxy) is 1. The molecule has 2 aliphatic heterocycles. The SMILES string of the molecule is CN1CCC2(CC1)CN(C(=O)c1ccc(CCN)cc1)CCO2.Cl.Cl. The second-order valence-corrected chi connectivity index (χ2v) is 6.80. The Hall–Kier alpha value is -0.850. The normalized spacial score (nSPS) is 19.8. The van der Waals surface area contributed by atoms with Gasteiger partial charge in [-0.3, -0.25) is 4.79 Å². The van der Waals surface area contributed by atoms with Crippen molar-refractivity contribution in [1.29, 1.82) is 0 Å². The predicted molar refractivity (Wildman–Crippen MR) is 105 cm³/mol. The number of piperidine rings is 1. The maximum Gasteiger partial charge on any atom is 0.254 e. The molecule has 142 valence electrons. The lowest BCUT2D eigenvalue weighted by Gasteiger charge is -2.46. The first-order valence-electron chi connectivity index (χ1n) is 8.53. The minimum absolute atomic E-state index is 0. The molecule has 2 N–H and O–H groups in total. The minimum Gasteiger partial charge on any atom is -0.371 e. The molecule has 2 aliphatic rings. The highest BCUT2D eigenvalue weighted by molar-refractivity contribution is 5.94. The summed E-state index contributed by atoms with van der Waals surface area (Å²) < 4.78 is 6.09. The molecule has 0 atom stereocenters. The Balaban J connectivity index is 0.00000156. The van der Waals surface area contributed by atoms with Gasteiger partial charge in [0.15, 0.2) is 0 Å². The lowest BCUT2D eigenvalue weighted by molar-refractivity contribution is -0.125. The Labute approximate surface area is 162 Å². The number of halogens is 2. The van der Waals surface area contributed by atoms with Crippen LogP contribution in [0.3, 0.4) is 0 Å². The lowest BCUT2D eigenvalue weighted by Crippen LogP contribution is -2.57. The van der Waals surface area contributed by atoms with Crippen LogP contribution in [0.2, 0.25) is 0 Å². The van der Waals surface area contributed by atoms with Gasteiger partial charge in [-0.15, -0.1) is 24.8 Å². The Morgan fingerprint density at radius 3 is 2.40 bits per heavy atom. The number of rotatable bonds is 3. The molecule has 1 aromatic carbocycles. The van der Waals surface area contributed by atoms with Crippen molar-refractivity contribution in [2.75, 3.05) is 46.4 Å². The van der Waals surface area contributed by atoms with Crippen molar-refractivity contribution in [3.8, 4) is 0 Å². The lowest BCUT2D eigenvalue weighted by atomic mass is 9.89. The van der Waals surface area contributed by atoms with Crippen molar-refractivity contribution in [3.05, 3.63) is 35.4 Å². The molecule has 0 saturated carbocycles. The number of carbonyl (C=O) groups is 1. The van der Waals surface area contributed by atoms with Crippen LogP contribution in [0.4, 0.5) is 0 Å². The van der Waals surface area contributed by atoms with Gasteiger partial charge in [0, 0.05) is 25.2 Å². The van der Waals surface area contributed by atoms with Gasteiger partial charge >= 0.3 is 0 Å². The van der Waals surface area contributed by atoms with Crippen LogP contribution in [0.5, 0.6) is 0 Å². The summed E-state index contributed by atoms with van der Waals surface area (Å²) in [6.45, 7) is 4.74. The standard InChI is InChI=1S/C18H27N3O2.2ClH/c1-20-10-7-18(8-11-20)14-21(12-13-23-18)17(22)16-4-2-15(3-5-16)6-9-19;;/h2-5H,6-14,19H2,1H3;2*1H. The maximum absolute atomic E-state index is 12.8. The number of morpholine rings is 1. The minimum atomic E-state index is -0.139. The number of nitrogens with zero attached hydrogens (tertiary/aromatic N) is 2. The van der Waals surface area contributed by atoms with Crippen LogP contribution in [-0.4, -0.2) is 67.7 Å². The van der Waals surface area contributed by atoms with Gasteiger partial charge in [0.1, 0.15) is 0 Å². The predicted octanol–water partition coefficient (Wildman–Crippen LogP) is 1.97. The van der Waals surface area contributed by atoms with Crippen molar-refractivity contribution in [2.45, 2.75) is 24.9 Å². The van der Waals surface area contributed by atoms with E-state index in [1.54, 1.807) is 0 Å². The van der Waals surface area contributed by atoms with E-state index in [1.165, 1.54) is 5.56 Å². The Bertz CT molecular complexity index is 546. The summed E-state index contributed by atoms with van der Waals surface area (Å²) in [5.74, 6) is 0.117. The third-order valence-electron chi connectivity index (χ3n) is 5.07. The first-order valence-corrected chi connectivity index (χ1v) is 8.53. The van der Waals surface area contributed by atoms with Crippen molar-refractivity contribution in [2.24, 2.45) is 5.73 Å². The van der Waals surface area contributed by atoms with Gasteiger partial charge < -0.3 is 20.3 Å². The molecule has 0 radical (unpaired) electrons. The molecule has 0 aliphatic carbocycles. The summed E-state index contributed by atoms with van der Waals surface area (Å²) in [7, 11) is 2.14. The number of nitrogens with two attached hydrogens (primary N) is 1. The van der Waals surface area contributed by atoms with Gasteiger partial charge in [-0.05, 0) is 50.6 Å². The average molecular weight is 390 g/mol. The molecule has 5 nitrogen and oxygen atoms in total. The third kappa shape index (κ3) is 5.31. The number of hydrogen-bond acceptors (Lipinski definition) is 4. The van der Waals surface area contributed by atoms with Crippen LogP contribution in [-0.2, 0) is 11.2 Å². The van der Waals surface area contributed by atoms with Gasteiger partial charge in [0.2, 0.25) is 0 Å². The fraction of sp³-hybridized carbons (Fsp3) is 0.611. The molecule has 0 bridgehead atoms. The number of carbonyl (C=O) groups excluding carboxylic acids is 1. The third-order valence-corrected chi connectivity index (χ3v) is 5.07. The largest absolute Gasteiger partial charge is 0.371 e. The zero-order valence-corrected chi connectivity index (χ0v) is 16.4. The second-order valence-electron chi connectivity index (χ2n) is 6.80. The van der Waals surface area contributed by atoms with Crippen LogP contribution in [0.15, 0.2) is 24.3 Å². The first-order chi connectivity index (χ1) is 11.1. The molecule has 3 rings (SSSR count). The van der Waals surface area contributed by atoms with E-state index in [-0.39, 0.29) is 36.3 Å². The molecule has 2 fully saturated rings. The fourth-order valence-corrected chi connectivity index (χ4v) is 3.51. The molecular weight excluding hydrogens is 361 g/mol. The van der Waals surface area contributed by atoms with Gasteiger partial charge in [-0.2, -0.15) is 0 Å². The summed E-state index contributed by atoms with van der Waals surface area (Å²) in [5.41, 5.74) is 7.37. The number of likely N-dealkylation sites (tertiary alicyclic amines) is 1. The van der Waals surface area contributed by atoms with Gasteiger partial charge in [0.05, 0.1) is 18.8 Å². The first kappa shape index (κ1) is 22.2. The quantitative estimate of drug-likeness (QED) is 0.858. The van der Waals surface area contributed by atoms with E-state index in [2.05, 4.69) is 11.9 Å². The van der Waals surface area contributed by atoms with Crippen LogP contribution < -0.4 is 5.73 Å². The highest BCUT2D eigenvalue weighted by Gasteiger charge is 2.40. The summed E-state index contributed by atoms with van der Waals surface area (Å²) in [4.78, 5) is 17.1. The van der Waals surface area contributed by atoms with Crippen molar-refractivity contribution >= 4 is 30.7 Å². The molecule has 1 spiro atoms. The smallest absolute Gasteiger partial charge is 0.254 e. The van der Waals surface area contributed by atoms with E-state index >= 15 is 0 Å². The molecule has 2 saturated heterocycles. The molecule has 2 heterocycles. The molecule has 0 unspecified atom stereocenters. The monoisotopic (exact) mass is 389 g/mol. The van der Waals surface area contributed by atoms with Crippen molar-refractivity contribution in [3.63, 3.8) is 0 Å². The molecular formula is C18H29Cl2N3O2. The van der Waals surface area contributed by atoms with Crippen LogP contribution in [0.1, 0.15) is 28.8 Å². The highest BCUT2D eigenvalue weighted by Crippen LogP contribution is 2.30. The molecule has 1 amide bonds. The van der Waals surface area contributed by atoms with Gasteiger partial charge in [0.25, 0.3) is 5.91 Å². The summed E-state index contributed by atoms with van der Waals surface area (Å²) >= 11 is 0. The number of benzene rings is 1. The highest BCUT2D eigenvalue weighted by atomic mass is 35.5. The number of amides is 1. The van der Waals surface area contributed by atoms with E-state index in [4.69, 9.17) is 10.5 Å². The maximum atomic E-state index is 12.8. The zero-order valence-electron chi connectivity index (χ0n) is 14.8. The van der Waals surface area contributed by atoms with E-state index in [0.29, 0.717) is 26.2 Å². The van der Waals surface area contributed by atoms with Crippen molar-refractivity contribution < 1.29 is 9.53 Å². The Morgan fingerprint density at radius 2 is 1.80 bits per heavy atom. The zero-order chi connectivity index (χ0) is 16.3. The Morgan fingerprint density at radius 1 is 1.16 bits per heavy atom. The molecule has 1 aromatic rings.